The van der Waals surface area contributed by atoms with Crippen molar-refractivity contribution >= 4 is 5.82 Å². The third kappa shape index (κ3) is 2.34. The molecule has 0 bridgehead atoms. The summed E-state index contributed by atoms with van der Waals surface area (Å²) in [6, 6.07) is 5.80. The van der Waals surface area contributed by atoms with E-state index in [0.29, 0.717) is 17.4 Å². The second kappa shape index (κ2) is 4.91. The van der Waals surface area contributed by atoms with Crippen molar-refractivity contribution in [1.82, 2.24) is 9.97 Å². The smallest absolute Gasteiger partial charge is 0.268 e. The largest absolute Gasteiger partial charge is 0.489 e. The second-order valence-corrected chi connectivity index (χ2v) is 3.95. The van der Waals surface area contributed by atoms with Crippen LogP contribution in [0.3, 0.4) is 0 Å². The lowest BCUT2D eigenvalue weighted by Gasteiger charge is -2.10. The van der Waals surface area contributed by atoms with Crippen LogP contribution in [0.15, 0.2) is 24.5 Å². The predicted molar refractivity (Wildman–Crippen MR) is 69.0 cm³/mol. The number of nitrogens with zero attached hydrogens (tertiary/aromatic N) is 2. The zero-order valence-electron chi connectivity index (χ0n) is 10.6. The Kier molecular flexibility index (Phi) is 3.32. The first-order chi connectivity index (χ1) is 8.61. The average Bonchev–Trinajstić information content (AvgIpc) is 2.34. The highest BCUT2D eigenvalue weighted by Gasteiger charge is 2.12. The van der Waals surface area contributed by atoms with Crippen molar-refractivity contribution < 1.29 is 9.47 Å². The van der Waals surface area contributed by atoms with Crippen molar-refractivity contribution in [2.75, 3.05) is 12.8 Å². The van der Waals surface area contributed by atoms with Crippen LogP contribution >= 0.6 is 0 Å². The van der Waals surface area contributed by atoms with Gasteiger partial charge in [-0.05, 0) is 37.1 Å². The molecule has 0 saturated carbocycles. The third-order valence-corrected chi connectivity index (χ3v) is 2.70. The number of aryl methyl sites for hydroxylation is 2. The van der Waals surface area contributed by atoms with Crippen molar-refractivity contribution in [1.29, 1.82) is 0 Å². The molecule has 1 aromatic carbocycles. The van der Waals surface area contributed by atoms with Gasteiger partial charge in [-0.1, -0.05) is 6.07 Å². The predicted octanol–water partition coefficient (Wildman–Crippen LogP) is 2.48. The lowest BCUT2D eigenvalue weighted by atomic mass is 10.1. The van der Waals surface area contributed by atoms with E-state index in [0.717, 1.165) is 5.56 Å². The molecule has 0 unspecified atom stereocenters. The van der Waals surface area contributed by atoms with Gasteiger partial charge in [0, 0.05) is 0 Å². The van der Waals surface area contributed by atoms with Crippen LogP contribution in [-0.2, 0) is 0 Å². The summed E-state index contributed by atoms with van der Waals surface area (Å²) in [5.41, 5.74) is 8.04. The van der Waals surface area contributed by atoms with E-state index in [-0.39, 0.29) is 5.82 Å². The van der Waals surface area contributed by atoms with Gasteiger partial charge >= 0.3 is 0 Å². The summed E-state index contributed by atoms with van der Waals surface area (Å²) in [4.78, 5) is 7.86. The van der Waals surface area contributed by atoms with E-state index in [1.54, 1.807) is 0 Å². The molecule has 0 aliphatic carbocycles. The molecular formula is C13H15N3O2. The Bertz CT molecular complexity index is 570. The number of hydrogen-bond donors (Lipinski definition) is 1. The number of rotatable bonds is 3. The Morgan fingerprint density at radius 2 is 1.89 bits per heavy atom. The zero-order valence-corrected chi connectivity index (χ0v) is 10.6. The highest BCUT2D eigenvalue weighted by Crippen LogP contribution is 2.32. The Morgan fingerprint density at radius 3 is 2.56 bits per heavy atom. The van der Waals surface area contributed by atoms with Gasteiger partial charge in [-0.15, -0.1) is 0 Å². The lowest BCUT2D eigenvalue weighted by molar-refractivity contribution is 0.369. The number of hydrogen-bond acceptors (Lipinski definition) is 5. The summed E-state index contributed by atoms with van der Waals surface area (Å²) in [5.74, 6) is 1.60. The molecule has 0 amide bonds. The summed E-state index contributed by atoms with van der Waals surface area (Å²) in [5, 5.41) is 0. The molecule has 5 heteroatoms. The first-order valence-corrected chi connectivity index (χ1v) is 5.51. The topological polar surface area (TPSA) is 70.3 Å². The number of anilines is 1. The number of nitrogen functional groups attached to an aromatic ring is 1. The van der Waals surface area contributed by atoms with Crippen LogP contribution < -0.4 is 15.2 Å². The molecule has 1 aromatic heterocycles. The highest BCUT2D eigenvalue weighted by molar-refractivity contribution is 5.52. The van der Waals surface area contributed by atoms with Crippen molar-refractivity contribution in [2.45, 2.75) is 13.8 Å². The number of aromatic nitrogens is 2. The van der Waals surface area contributed by atoms with Gasteiger partial charge < -0.3 is 15.2 Å². The summed E-state index contributed by atoms with van der Waals surface area (Å²) in [6.45, 7) is 4.07. The van der Waals surface area contributed by atoms with Crippen LogP contribution in [0.25, 0.3) is 0 Å². The first kappa shape index (κ1) is 12.2. The number of methoxy groups -OCH3 is 1. The fraction of sp³-hybridized carbons (Fsp3) is 0.231. The van der Waals surface area contributed by atoms with Crippen molar-refractivity contribution in [2.24, 2.45) is 0 Å². The highest BCUT2D eigenvalue weighted by atomic mass is 16.5. The van der Waals surface area contributed by atoms with Gasteiger partial charge in [-0.3, -0.25) is 0 Å². The zero-order chi connectivity index (χ0) is 13.1. The van der Waals surface area contributed by atoms with E-state index in [1.807, 2.05) is 32.0 Å². The molecule has 2 aromatic rings. The van der Waals surface area contributed by atoms with E-state index in [1.165, 1.54) is 19.0 Å². The maximum absolute atomic E-state index is 5.68. The molecule has 0 aliphatic heterocycles. The van der Waals surface area contributed by atoms with Gasteiger partial charge in [0.05, 0.1) is 7.11 Å². The minimum Gasteiger partial charge on any atom is -0.489 e. The maximum atomic E-state index is 5.68. The van der Waals surface area contributed by atoms with Gasteiger partial charge in [0.15, 0.2) is 5.82 Å². The standard InChI is InChI=1S/C13H15N3O2/c1-8-4-5-10(6-9(8)2)18-13-11(17-3)12(14)15-7-16-13/h4-7H,1-3H3,(H2,14,15,16). The summed E-state index contributed by atoms with van der Waals surface area (Å²) in [6.07, 6.45) is 1.34. The second-order valence-electron chi connectivity index (χ2n) is 3.95. The Morgan fingerprint density at radius 1 is 1.11 bits per heavy atom. The summed E-state index contributed by atoms with van der Waals surface area (Å²) in [7, 11) is 1.50. The van der Waals surface area contributed by atoms with Crippen LogP contribution in [0.1, 0.15) is 11.1 Å². The number of benzene rings is 1. The molecule has 0 saturated heterocycles. The van der Waals surface area contributed by atoms with Gasteiger partial charge in [-0.2, -0.15) is 4.98 Å². The van der Waals surface area contributed by atoms with E-state index >= 15 is 0 Å². The SMILES string of the molecule is COc1c(N)ncnc1Oc1ccc(C)c(C)c1. The Balaban J connectivity index is 2.34. The minimum atomic E-state index is 0.256. The van der Waals surface area contributed by atoms with Crippen LogP contribution in [0.4, 0.5) is 5.82 Å². The van der Waals surface area contributed by atoms with Crippen molar-refractivity contribution in [3.8, 4) is 17.4 Å². The molecule has 2 N–H and O–H groups in total. The molecule has 0 radical (unpaired) electrons. The maximum Gasteiger partial charge on any atom is 0.268 e. The molecule has 2 rings (SSSR count). The average molecular weight is 245 g/mol. The molecule has 5 nitrogen and oxygen atoms in total. The van der Waals surface area contributed by atoms with Gasteiger partial charge in [0.2, 0.25) is 5.75 Å². The van der Waals surface area contributed by atoms with Crippen LogP contribution in [-0.4, -0.2) is 17.1 Å². The quantitative estimate of drug-likeness (QED) is 0.899. The normalized spacial score (nSPS) is 10.2. The van der Waals surface area contributed by atoms with E-state index in [9.17, 15) is 0 Å². The number of nitrogens with two attached hydrogens (primary N) is 1. The molecule has 0 aliphatic rings. The Hall–Kier alpha value is -2.30. The first-order valence-electron chi connectivity index (χ1n) is 5.51. The fourth-order valence-electron chi connectivity index (χ4n) is 1.52. The summed E-state index contributed by atoms with van der Waals surface area (Å²) >= 11 is 0. The molecule has 18 heavy (non-hydrogen) atoms. The minimum absolute atomic E-state index is 0.256. The molecule has 0 spiro atoms. The van der Waals surface area contributed by atoms with Crippen LogP contribution in [0.5, 0.6) is 17.4 Å². The summed E-state index contributed by atoms with van der Waals surface area (Å²) < 4.78 is 10.8. The lowest BCUT2D eigenvalue weighted by Crippen LogP contribution is -2.00. The van der Waals surface area contributed by atoms with E-state index < -0.39 is 0 Å². The molecule has 94 valence electrons. The third-order valence-electron chi connectivity index (χ3n) is 2.70. The molecular weight excluding hydrogens is 230 g/mol. The van der Waals surface area contributed by atoms with Crippen molar-refractivity contribution in [3.63, 3.8) is 0 Å². The molecule has 0 atom stereocenters. The molecule has 0 fully saturated rings. The fourth-order valence-corrected chi connectivity index (χ4v) is 1.52. The Labute approximate surface area is 106 Å². The van der Waals surface area contributed by atoms with E-state index in [4.69, 9.17) is 15.2 Å². The molecule has 1 heterocycles. The van der Waals surface area contributed by atoms with E-state index in [2.05, 4.69) is 9.97 Å². The monoisotopic (exact) mass is 245 g/mol. The van der Waals surface area contributed by atoms with Gasteiger partial charge in [0.25, 0.3) is 5.88 Å². The van der Waals surface area contributed by atoms with Crippen LogP contribution in [0, 0.1) is 13.8 Å². The van der Waals surface area contributed by atoms with Gasteiger partial charge in [0.1, 0.15) is 12.1 Å². The van der Waals surface area contributed by atoms with Crippen LogP contribution in [0.2, 0.25) is 0 Å². The van der Waals surface area contributed by atoms with Gasteiger partial charge in [-0.25, -0.2) is 4.98 Å². The van der Waals surface area contributed by atoms with Crippen molar-refractivity contribution in [3.05, 3.63) is 35.7 Å². The number of ether oxygens (including phenoxy) is 2.